The Morgan fingerprint density at radius 1 is 1.00 bits per heavy atom. The number of allylic oxidation sites excluding steroid dienone is 4. The third-order valence-corrected chi connectivity index (χ3v) is 0.900. The monoisotopic (exact) mass is 124 g/mol. The van der Waals surface area contributed by atoms with Crippen molar-refractivity contribution in [1.29, 1.82) is 0 Å². The molecule has 0 amide bonds. The first-order valence-corrected chi connectivity index (χ1v) is 3.37. The number of hydrogen-bond donors (Lipinski definition) is 0. The van der Waals surface area contributed by atoms with Crippen LogP contribution in [-0.2, 0) is 0 Å². The molecule has 0 saturated heterocycles. The van der Waals surface area contributed by atoms with Crippen LogP contribution in [0.15, 0.2) is 24.3 Å². The molecule has 0 fully saturated rings. The van der Waals surface area contributed by atoms with Crippen LogP contribution >= 0.6 is 0 Å². The lowest BCUT2D eigenvalue weighted by atomic mass is 9.96. The van der Waals surface area contributed by atoms with E-state index in [1.807, 2.05) is 19.1 Å². The molecule has 0 spiro atoms. The van der Waals surface area contributed by atoms with E-state index >= 15 is 0 Å². The van der Waals surface area contributed by atoms with Crippen molar-refractivity contribution < 1.29 is 0 Å². The molecule has 0 heteroatoms. The normalized spacial score (nSPS) is 13.8. The highest BCUT2D eigenvalue weighted by Gasteiger charge is 2.01. The molecule has 0 aliphatic heterocycles. The van der Waals surface area contributed by atoms with Gasteiger partial charge in [-0.25, -0.2) is 0 Å². The molecule has 0 radical (unpaired) electrons. The van der Waals surface area contributed by atoms with Gasteiger partial charge in [-0.3, -0.25) is 0 Å². The summed E-state index contributed by atoms with van der Waals surface area (Å²) in [5, 5.41) is 0. The fourth-order valence-corrected chi connectivity index (χ4v) is 0.455. The SMILES string of the molecule is C/C=C/C=CC(C)(C)C. The van der Waals surface area contributed by atoms with E-state index in [1.165, 1.54) is 0 Å². The van der Waals surface area contributed by atoms with Crippen LogP contribution in [0.25, 0.3) is 0 Å². The summed E-state index contributed by atoms with van der Waals surface area (Å²) in [5.41, 5.74) is 0.319. The Morgan fingerprint density at radius 2 is 1.56 bits per heavy atom. The number of hydrogen-bond acceptors (Lipinski definition) is 0. The summed E-state index contributed by atoms with van der Waals surface area (Å²) >= 11 is 0. The summed E-state index contributed by atoms with van der Waals surface area (Å²) in [7, 11) is 0. The van der Waals surface area contributed by atoms with Crippen molar-refractivity contribution in [3.63, 3.8) is 0 Å². The lowest BCUT2D eigenvalue weighted by Gasteiger charge is -2.09. The molecule has 0 aromatic heterocycles. The van der Waals surface area contributed by atoms with Gasteiger partial charge in [0.25, 0.3) is 0 Å². The zero-order chi connectivity index (χ0) is 7.33. The van der Waals surface area contributed by atoms with Gasteiger partial charge in [0.15, 0.2) is 0 Å². The predicted molar refractivity (Wildman–Crippen MR) is 43.4 cm³/mol. The highest BCUT2D eigenvalue weighted by molar-refractivity contribution is 5.04. The van der Waals surface area contributed by atoms with E-state index in [1.54, 1.807) is 0 Å². The molecule has 0 rings (SSSR count). The first-order chi connectivity index (χ1) is 4.06. The van der Waals surface area contributed by atoms with Gasteiger partial charge in [-0.05, 0) is 12.3 Å². The van der Waals surface area contributed by atoms with Gasteiger partial charge < -0.3 is 0 Å². The quantitative estimate of drug-likeness (QED) is 0.471. The number of rotatable bonds is 1. The molecule has 0 heterocycles. The fraction of sp³-hybridized carbons (Fsp3) is 0.556. The van der Waals surface area contributed by atoms with E-state index in [4.69, 9.17) is 0 Å². The van der Waals surface area contributed by atoms with Crippen LogP contribution in [0.2, 0.25) is 0 Å². The van der Waals surface area contributed by atoms with Gasteiger partial charge in [-0.2, -0.15) is 0 Å². The first-order valence-electron chi connectivity index (χ1n) is 3.37. The van der Waals surface area contributed by atoms with Crippen molar-refractivity contribution >= 4 is 0 Å². The van der Waals surface area contributed by atoms with Crippen LogP contribution in [0.3, 0.4) is 0 Å². The molecule has 0 nitrogen and oxygen atoms in total. The van der Waals surface area contributed by atoms with E-state index in [0.717, 1.165) is 0 Å². The minimum atomic E-state index is 0.319. The highest BCUT2D eigenvalue weighted by Crippen LogP contribution is 2.13. The molecule has 0 aromatic rings. The summed E-state index contributed by atoms with van der Waals surface area (Å²) in [4.78, 5) is 0. The van der Waals surface area contributed by atoms with Crippen molar-refractivity contribution in [3.05, 3.63) is 24.3 Å². The molecule has 0 unspecified atom stereocenters. The van der Waals surface area contributed by atoms with E-state index in [-0.39, 0.29) is 0 Å². The lowest BCUT2D eigenvalue weighted by Crippen LogP contribution is -1.97. The molecular formula is C9H16. The molecule has 0 saturated carbocycles. The second-order valence-corrected chi connectivity index (χ2v) is 3.25. The summed E-state index contributed by atoms with van der Waals surface area (Å²) < 4.78 is 0. The van der Waals surface area contributed by atoms with E-state index in [9.17, 15) is 0 Å². The van der Waals surface area contributed by atoms with Crippen LogP contribution in [-0.4, -0.2) is 0 Å². The van der Waals surface area contributed by atoms with Crippen LogP contribution in [0.1, 0.15) is 27.7 Å². The second kappa shape index (κ2) is 3.49. The van der Waals surface area contributed by atoms with Gasteiger partial charge in [-0.1, -0.05) is 45.1 Å². The van der Waals surface area contributed by atoms with Crippen molar-refractivity contribution in [1.82, 2.24) is 0 Å². The smallest absolute Gasteiger partial charge is 0.0200 e. The maximum Gasteiger partial charge on any atom is -0.0200 e. The van der Waals surface area contributed by atoms with Gasteiger partial charge in [-0.15, -0.1) is 0 Å². The minimum absolute atomic E-state index is 0.319. The van der Waals surface area contributed by atoms with Crippen molar-refractivity contribution in [2.75, 3.05) is 0 Å². The fourth-order valence-electron chi connectivity index (χ4n) is 0.455. The molecule has 9 heavy (non-hydrogen) atoms. The Hall–Kier alpha value is -0.520. The Morgan fingerprint density at radius 3 is 1.89 bits per heavy atom. The average Bonchev–Trinajstić information content (AvgIpc) is 1.63. The molecule has 0 bridgehead atoms. The Kier molecular flexibility index (Phi) is 3.29. The molecule has 0 atom stereocenters. The van der Waals surface area contributed by atoms with Crippen LogP contribution in [0.4, 0.5) is 0 Å². The zero-order valence-corrected chi connectivity index (χ0v) is 6.81. The average molecular weight is 124 g/mol. The van der Waals surface area contributed by atoms with Crippen molar-refractivity contribution in [2.24, 2.45) is 5.41 Å². The Labute approximate surface area is 58.3 Å². The predicted octanol–water partition coefficient (Wildman–Crippen LogP) is 3.16. The topological polar surface area (TPSA) is 0 Å². The van der Waals surface area contributed by atoms with Crippen LogP contribution in [0.5, 0.6) is 0 Å². The van der Waals surface area contributed by atoms with E-state index in [2.05, 4.69) is 32.9 Å². The molecule has 52 valence electrons. The van der Waals surface area contributed by atoms with Crippen molar-refractivity contribution in [2.45, 2.75) is 27.7 Å². The lowest BCUT2D eigenvalue weighted by molar-refractivity contribution is 0.544. The third kappa shape index (κ3) is 7.48. The zero-order valence-electron chi connectivity index (χ0n) is 6.81. The third-order valence-electron chi connectivity index (χ3n) is 0.900. The van der Waals surface area contributed by atoms with Gasteiger partial charge in [0.1, 0.15) is 0 Å². The molecule has 0 aliphatic rings. The van der Waals surface area contributed by atoms with Crippen LogP contribution < -0.4 is 0 Å². The van der Waals surface area contributed by atoms with Gasteiger partial charge >= 0.3 is 0 Å². The maximum atomic E-state index is 2.19. The van der Waals surface area contributed by atoms with E-state index in [0.29, 0.717) is 5.41 Å². The van der Waals surface area contributed by atoms with Gasteiger partial charge in [0.05, 0.1) is 0 Å². The van der Waals surface area contributed by atoms with Gasteiger partial charge in [0.2, 0.25) is 0 Å². The summed E-state index contributed by atoms with van der Waals surface area (Å²) in [6.07, 6.45) is 8.35. The largest absolute Gasteiger partial charge is 0.0877 e. The molecule has 0 aromatic carbocycles. The summed E-state index contributed by atoms with van der Waals surface area (Å²) in [6, 6.07) is 0. The summed E-state index contributed by atoms with van der Waals surface area (Å²) in [6.45, 7) is 8.58. The molecule has 0 aliphatic carbocycles. The van der Waals surface area contributed by atoms with E-state index < -0.39 is 0 Å². The Bertz CT molecular complexity index is 110. The Balaban J connectivity index is 3.71. The van der Waals surface area contributed by atoms with Crippen LogP contribution in [0, 0.1) is 5.41 Å². The standard InChI is InChI=1S/C9H16/c1-5-6-7-8-9(2,3)4/h5-8H,1-4H3/b6-5+,8-7?. The summed E-state index contributed by atoms with van der Waals surface area (Å²) in [5.74, 6) is 0. The maximum absolute atomic E-state index is 2.19. The molecule has 0 N–H and O–H groups in total. The molecular weight excluding hydrogens is 108 g/mol. The minimum Gasteiger partial charge on any atom is -0.0877 e. The highest BCUT2D eigenvalue weighted by atomic mass is 14.1. The van der Waals surface area contributed by atoms with Gasteiger partial charge in [0, 0.05) is 0 Å². The second-order valence-electron chi connectivity index (χ2n) is 3.25. The van der Waals surface area contributed by atoms with Crippen molar-refractivity contribution in [3.8, 4) is 0 Å². The first kappa shape index (κ1) is 8.48.